The van der Waals surface area contributed by atoms with Crippen LogP contribution in [0.1, 0.15) is 0 Å². The summed E-state index contributed by atoms with van der Waals surface area (Å²) < 4.78 is 2.99. The van der Waals surface area contributed by atoms with E-state index >= 15 is 0 Å². The number of benzene rings is 1. The van der Waals surface area contributed by atoms with E-state index in [0.717, 1.165) is 0 Å². The van der Waals surface area contributed by atoms with Gasteiger partial charge in [0.1, 0.15) is 17.5 Å². The van der Waals surface area contributed by atoms with Gasteiger partial charge in [-0.15, -0.1) is 11.3 Å². The highest BCUT2D eigenvalue weighted by Gasteiger charge is 2.14. The van der Waals surface area contributed by atoms with E-state index in [1.54, 1.807) is 31.3 Å². The van der Waals surface area contributed by atoms with Crippen molar-refractivity contribution in [3.63, 3.8) is 0 Å². The lowest BCUT2D eigenvalue weighted by molar-refractivity contribution is -0.113. The number of nitrogens with one attached hydrogen (secondary N) is 1. The highest BCUT2D eigenvalue weighted by molar-refractivity contribution is 7.99. The number of hydrogen-bond acceptors (Lipinski definition) is 7. The maximum atomic E-state index is 12.5. The average molecular weight is 433 g/mol. The maximum Gasteiger partial charge on any atom is 0.262 e. The van der Waals surface area contributed by atoms with E-state index in [1.165, 1.54) is 45.0 Å². The Morgan fingerprint density at radius 1 is 1.36 bits per heavy atom. The van der Waals surface area contributed by atoms with E-state index in [1.807, 2.05) is 5.38 Å². The number of carbonyl (C=O) groups is 1. The Hall–Kier alpha value is -2.69. The lowest BCUT2D eigenvalue weighted by Gasteiger charge is -2.12. The fourth-order valence-electron chi connectivity index (χ4n) is 2.57. The second kappa shape index (κ2) is 7.74. The van der Waals surface area contributed by atoms with Crippen molar-refractivity contribution in [3.05, 3.63) is 57.7 Å². The zero-order valence-electron chi connectivity index (χ0n) is 14.5. The minimum Gasteiger partial charge on any atom is -0.323 e. The Bertz CT molecular complexity index is 1220. The van der Waals surface area contributed by atoms with Gasteiger partial charge in [-0.05, 0) is 29.6 Å². The molecule has 0 fully saturated rings. The number of hydrogen-bond donors (Lipinski definition) is 1. The van der Waals surface area contributed by atoms with Gasteiger partial charge in [0.2, 0.25) is 5.91 Å². The quantitative estimate of drug-likeness (QED) is 0.385. The number of thioether (sulfide) groups is 1. The third-order valence-corrected chi connectivity index (χ3v) is 5.97. The molecule has 3 heterocycles. The molecule has 0 spiro atoms. The molecule has 1 amide bonds. The van der Waals surface area contributed by atoms with Crippen LogP contribution in [-0.2, 0) is 11.8 Å². The highest BCUT2D eigenvalue weighted by atomic mass is 35.5. The third kappa shape index (κ3) is 3.66. The molecule has 0 atom stereocenters. The summed E-state index contributed by atoms with van der Waals surface area (Å²) in [6.07, 6.45) is 2.94. The smallest absolute Gasteiger partial charge is 0.262 e. The van der Waals surface area contributed by atoms with Crippen molar-refractivity contribution in [2.24, 2.45) is 7.05 Å². The number of nitrogens with zero attached hydrogens (tertiary/aromatic N) is 5. The monoisotopic (exact) mass is 432 g/mol. The van der Waals surface area contributed by atoms with Gasteiger partial charge in [-0.25, -0.2) is 14.6 Å². The van der Waals surface area contributed by atoms with Gasteiger partial charge in [-0.2, -0.15) is 5.10 Å². The number of amides is 1. The largest absolute Gasteiger partial charge is 0.323 e. The molecule has 4 aromatic rings. The third-order valence-electron chi connectivity index (χ3n) is 3.89. The van der Waals surface area contributed by atoms with E-state index in [9.17, 15) is 9.59 Å². The number of aromatic nitrogens is 5. The van der Waals surface area contributed by atoms with Crippen molar-refractivity contribution in [2.75, 3.05) is 11.1 Å². The molecule has 0 aliphatic rings. The van der Waals surface area contributed by atoms with Crippen molar-refractivity contribution >= 4 is 56.5 Å². The Kier molecular flexibility index (Phi) is 5.16. The average Bonchev–Trinajstić information content (AvgIpc) is 3.35. The molecular formula is C17H13ClN6O2S2. The van der Waals surface area contributed by atoms with E-state index in [4.69, 9.17) is 11.6 Å². The molecule has 0 radical (unpaired) electrons. The fourth-order valence-corrected chi connectivity index (χ4v) is 4.32. The van der Waals surface area contributed by atoms with Crippen LogP contribution in [0.4, 0.5) is 5.69 Å². The van der Waals surface area contributed by atoms with Crippen LogP contribution < -0.4 is 10.9 Å². The van der Waals surface area contributed by atoms with Gasteiger partial charge in [0.25, 0.3) is 5.56 Å². The predicted molar refractivity (Wildman–Crippen MR) is 111 cm³/mol. The zero-order chi connectivity index (χ0) is 19.7. The van der Waals surface area contributed by atoms with Gasteiger partial charge in [-0.1, -0.05) is 23.4 Å². The van der Waals surface area contributed by atoms with Gasteiger partial charge in [0.15, 0.2) is 5.16 Å². The molecule has 1 N–H and O–H groups in total. The number of thiophene rings is 1. The molecule has 11 heteroatoms. The number of rotatable bonds is 5. The first kappa shape index (κ1) is 18.7. The first-order valence-corrected chi connectivity index (χ1v) is 10.3. The molecule has 0 saturated carbocycles. The molecule has 1 aromatic carbocycles. The summed E-state index contributed by atoms with van der Waals surface area (Å²) in [6, 6.07) is 6.85. The Balaban J connectivity index is 1.52. The summed E-state index contributed by atoms with van der Waals surface area (Å²) in [7, 11) is 1.65. The SMILES string of the molecule is Cn1c(SCC(=O)Nc2cc(Cl)ccc2-n2cncn2)nc2sccc2c1=O. The second-order valence-corrected chi connectivity index (χ2v) is 8.01. The first-order valence-electron chi connectivity index (χ1n) is 8.04. The summed E-state index contributed by atoms with van der Waals surface area (Å²) in [6.45, 7) is 0. The predicted octanol–water partition coefficient (Wildman–Crippen LogP) is 2.96. The van der Waals surface area contributed by atoms with E-state index in [-0.39, 0.29) is 17.2 Å². The molecule has 0 saturated heterocycles. The van der Waals surface area contributed by atoms with Gasteiger partial charge in [-0.3, -0.25) is 14.2 Å². The van der Waals surface area contributed by atoms with E-state index in [0.29, 0.717) is 31.8 Å². The van der Waals surface area contributed by atoms with Crippen LogP contribution in [0.25, 0.3) is 15.9 Å². The van der Waals surface area contributed by atoms with Crippen LogP contribution >= 0.6 is 34.7 Å². The Morgan fingerprint density at radius 3 is 3.00 bits per heavy atom. The highest BCUT2D eigenvalue weighted by Crippen LogP contribution is 2.25. The summed E-state index contributed by atoms with van der Waals surface area (Å²) in [5.41, 5.74) is 1.03. The molecule has 142 valence electrons. The van der Waals surface area contributed by atoms with Gasteiger partial charge in [0.05, 0.1) is 22.5 Å². The van der Waals surface area contributed by atoms with Crippen molar-refractivity contribution in [3.8, 4) is 5.69 Å². The van der Waals surface area contributed by atoms with Crippen LogP contribution in [0.2, 0.25) is 5.02 Å². The molecule has 0 unspecified atom stereocenters. The minimum absolute atomic E-state index is 0.0838. The van der Waals surface area contributed by atoms with Gasteiger partial charge >= 0.3 is 0 Å². The van der Waals surface area contributed by atoms with Crippen LogP contribution in [0.15, 0.2) is 52.3 Å². The first-order chi connectivity index (χ1) is 13.5. The summed E-state index contributed by atoms with van der Waals surface area (Å²) in [5, 5.41) is 10.3. The summed E-state index contributed by atoms with van der Waals surface area (Å²) in [4.78, 5) is 33.9. The molecule has 3 aromatic heterocycles. The molecule has 4 rings (SSSR count). The molecular weight excluding hydrogens is 420 g/mol. The lowest BCUT2D eigenvalue weighted by Crippen LogP contribution is -2.21. The summed E-state index contributed by atoms with van der Waals surface area (Å²) >= 11 is 8.66. The number of halogens is 1. The lowest BCUT2D eigenvalue weighted by atomic mass is 10.2. The fraction of sp³-hybridized carbons (Fsp3) is 0.118. The second-order valence-electron chi connectivity index (χ2n) is 5.74. The maximum absolute atomic E-state index is 12.5. The Morgan fingerprint density at radius 2 is 2.21 bits per heavy atom. The Labute approximate surface area is 172 Å². The van der Waals surface area contributed by atoms with Crippen molar-refractivity contribution in [1.82, 2.24) is 24.3 Å². The van der Waals surface area contributed by atoms with Crippen molar-refractivity contribution < 1.29 is 4.79 Å². The molecule has 0 bridgehead atoms. The van der Waals surface area contributed by atoms with Crippen LogP contribution in [0.3, 0.4) is 0 Å². The number of carbonyl (C=O) groups excluding carboxylic acids is 1. The van der Waals surface area contributed by atoms with E-state index < -0.39 is 0 Å². The standard InChI is InChI=1S/C17H13ClN6O2S2/c1-23-16(26)11-4-5-27-15(11)22-17(23)28-7-14(25)21-12-6-10(18)2-3-13(12)24-9-19-8-20-24/h2-6,8-9H,7H2,1H3,(H,21,25). The van der Waals surface area contributed by atoms with Crippen LogP contribution in [0, 0.1) is 0 Å². The summed E-state index contributed by atoms with van der Waals surface area (Å²) in [5.74, 6) is -0.172. The number of anilines is 1. The topological polar surface area (TPSA) is 94.7 Å². The van der Waals surface area contributed by atoms with Crippen molar-refractivity contribution in [2.45, 2.75) is 5.16 Å². The minimum atomic E-state index is -0.255. The van der Waals surface area contributed by atoms with Crippen LogP contribution in [-0.4, -0.2) is 36.0 Å². The van der Waals surface area contributed by atoms with Gasteiger partial charge in [0, 0.05) is 12.1 Å². The van der Waals surface area contributed by atoms with Crippen molar-refractivity contribution in [1.29, 1.82) is 0 Å². The molecule has 0 aliphatic heterocycles. The molecule has 28 heavy (non-hydrogen) atoms. The molecule has 0 aliphatic carbocycles. The molecule has 8 nitrogen and oxygen atoms in total. The van der Waals surface area contributed by atoms with E-state index in [2.05, 4.69) is 20.4 Å². The number of fused-ring (bicyclic) bond motifs is 1. The normalized spacial score (nSPS) is 11.1. The van der Waals surface area contributed by atoms with Gasteiger partial charge < -0.3 is 5.32 Å². The zero-order valence-corrected chi connectivity index (χ0v) is 16.9. The van der Waals surface area contributed by atoms with Crippen LogP contribution in [0.5, 0.6) is 0 Å².